The van der Waals surface area contributed by atoms with Crippen molar-refractivity contribution in [3.8, 4) is 0 Å². The number of aliphatic hydroxyl groups is 3. The third-order valence-electron chi connectivity index (χ3n) is 6.22. The van der Waals surface area contributed by atoms with E-state index in [0.29, 0.717) is 0 Å². The second kappa shape index (κ2) is 11.9. The number of hydrogen-bond donors (Lipinski definition) is 3. The summed E-state index contributed by atoms with van der Waals surface area (Å²) in [6.45, 7) is 1.72. The number of hydrogen-bond acceptors (Lipinski definition) is 3. The zero-order valence-electron chi connectivity index (χ0n) is 19.0. The molecule has 0 spiro atoms. The highest BCUT2D eigenvalue weighted by Crippen LogP contribution is 2.51. The van der Waals surface area contributed by atoms with E-state index in [1.165, 1.54) is 21.9 Å². The van der Waals surface area contributed by atoms with Crippen molar-refractivity contribution >= 4 is 35.3 Å². The van der Waals surface area contributed by atoms with Gasteiger partial charge in [0.05, 0.1) is 13.9 Å². The van der Waals surface area contributed by atoms with Gasteiger partial charge in [-0.2, -0.15) is 21.9 Å². The van der Waals surface area contributed by atoms with Crippen LogP contribution in [0.3, 0.4) is 0 Å². The zero-order chi connectivity index (χ0) is 23.6. The predicted molar refractivity (Wildman–Crippen MR) is 144 cm³/mol. The van der Waals surface area contributed by atoms with Crippen molar-refractivity contribution in [2.45, 2.75) is 0 Å². The molecule has 4 aromatic rings. The van der Waals surface area contributed by atoms with Crippen molar-refractivity contribution < 1.29 is 15.3 Å². The van der Waals surface area contributed by atoms with E-state index in [4.69, 9.17) is 15.3 Å². The molecule has 0 unspecified atom stereocenters. The molecule has 0 fully saturated rings. The molecule has 3 N–H and O–H groups in total. The van der Waals surface area contributed by atoms with Crippen molar-refractivity contribution in [1.82, 2.24) is 0 Å². The van der Waals surface area contributed by atoms with E-state index in [1.54, 1.807) is 6.66 Å². The maximum absolute atomic E-state index is 8.51. The van der Waals surface area contributed by atoms with E-state index in [1.807, 2.05) is 0 Å². The number of benzene rings is 4. The maximum atomic E-state index is 8.51. The van der Waals surface area contributed by atoms with Crippen LogP contribution in [0, 0.1) is 0 Å². The lowest BCUT2D eigenvalue weighted by Gasteiger charge is -2.44. The second-order valence-corrected chi connectivity index (χ2v) is 12.6. The molecule has 3 nitrogen and oxygen atoms in total. The summed E-state index contributed by atoms with van der Waals surface area (Å²) >= 11 is 0. The molecule has 33 heavy (non-hydrogen) atoms. The lowest BCUT2D eigenvalue weighted by Crippen LogP contribution is -2.74. The monoisotopic (exact) mass is 458 g/mol. The lowest BCUT2D eigenvalue weighted by atomic mass is 9.13. The lowest BCUT2D eigenvalue weighted by molar-refractivity contribution is 0.313. The van der Waals surface area contributed by atoms with Gasteiger partial charge < -0.3 is 15.3 Å². The van der Waals surface area contributed by atoms with Crippen LogP contribution < -0.4 is 21.9 Å². The molecule has 0 aliphatic carbocycles. The predicted octanol–water partition coefficient (Wildman–Crippen LogP) is 2.55. The van der Waals surface area contributed by atoms with E-state index < -0.39 is 13.4 Å². The molecule has 0 saturated carbocycles. The molecular formula is C28H32BO3P. The average Bonchev–Trinajstić information content (AvgIpc) is 2.92. The third-order valence-corrected chi connectivity index (χ3v) is 8.27. The Kier molecular flexibility index (Phi) is 8.99. The van der Waals surface area contributed by atoms with Crippen molar-refractivity contribution in [1.29, 1.82) is 0 Å². The van der Waals surface area contributed by atoms with Crippen molar-refractivity contribution in [2.24, 2.45) is 0 Å². The van der Waals surface area contributed by atoms with Gasteiger partial charge in [0.2, 0.25) is 0 Å². The minimum Gasteiger partial charge on any atom is -0.362 e. The topological polar surface area (TPSA) is 60.7 Å². The SMILES string of the molecule is C[P+](CO)(CO)CO.c1ccc([B-](c2ccccc2)(c2ccccc2)c2ccccc2)cc1. The van der Waals surface area contributed by atoms with Gasteiger partial charge in [-0.1, -0.05) is 121 Å². The molecule has 0 aliphatic rings. The third kappa shape index (κ3) is 5.61. The zero-order valence-corrected chi connectivity index (χ0v) is 19.9. The van der Waals surface area contributed by atoms with Crippen LogP contribution in [-0.4, -0.2) is 47.2 Å². The first-order valence-corrected chi connectivity index (χ1v) is 13.9. The van der Waals surface area contributed by atoms with Crippen LogP contribution in [0.1, 0.15) is 0 Å². The summed E-state index contributed by atoms with van der Waals surface area (Å²) < 4.78 is 0. The van der Waals surface area contributed by atoms with Gasteiger partial charge in [0, 0.05) is 0 Å². The summed E-state index contributed by atoms with van der Waals surface area (Å²) in [5.74, 6) is 0. The molecule has 4 rings (SSSR count). The van der Waals surface area contributed by atoms with E-state index >= 15 is 0 Å². The highest BCUT2D eigenvalue weighted by molar-refractivity contribution is 7.74. The molecule has 0 atom stereocenters. The fourth-order valence-electron chi connectivity index (χ4n) is 4.26. The Morgan fingerprint density at radius 3 is 0.818 bits per heavy atom. The van der Waals surface area contributed by atoms with Gasteiger partial charge in [-0.15, -0.1) is 0 Å². The molecule has 170 valence electrons. The van der Waals surface area contributed by atoms with Gasteiger partial charge in [-0.3, -0.25) is 0 Å². The Labute approximate surface area is 197 Å². The maximum Gasteiger partial charge on any atom is 0.158 e. The molecule has 0 amide bonds. The van der Waals surface area contributed by atoms with Crippen LogP contribution >= 0.6 is 7.26 Å². The van der Waals surface area contributed by atoms with Crippen LogP contribution in [0.25, 0.3) is 0 Å². The van der Waals surface area contributed by atoms with E-state index in [-0.39, 0.29) is 19.0 Å². The van der Waals surface area contributed by atoms with Gasteiger partial charge in [0.1, 0.15) is 6.15 Å². The van der Waals surface area contributed by atoms with Crippen LogP contribution in [0.5, 0.6) is 0 Å². The standard InChI is InChI=1S/C24H20B.C4H12O3P/c1-5-13-21(14-6-1)25(22-15-7-2-8-16-22,23-17-9-3-10-18-23)24-19-11-4-12-20-24;1-8(2-5,3-6)4-7/h1-20H;5-7H,2-4H2,1H3/q-1;+1. The second-order valence-electron chi connectivity index (χ2n) is 8.55. The Bertz CT molecular complexity index is 901. The molecule has 0 bridgehead atoms. The van der Waals surface area contributed by atoms with Crippen LogP contribution in [0.2, 0.25) is 0 Å². The molecular weight excluding hydrogens is 426 g/mol. The fourth-order valence-corrected chi connectivity index (χ4v) is 4.52. The summed E-state index contributed by atoms with van der Waals surface area (Å²) in [6.07, 6.45) is -1.42. The minimum atomic E-state index is -1.75. The summed E-state index contributed by atoms with van der Waals surface area (Å²) in [6, 6.07) is 43.5. The first kappa shape index (κ1) is 24.9. The average molecular weight is 458 g/mol. The molecule has 0 aromatic heterocycles. The first-order valence-electron chi connectivity index (χ1n) is 11.1. The molecule has 0 saturated heterocycles. The van der Waals surface area contributed by atoms with Gasteiger partial charge in [0.25, 0.3) is 0 Å². The summed E-state index contributed by atoms with van der Waals surface area (Å²) in [4.78, 5) is 0. The van der Waals surface area contributed by atoms with Crippen LogP contribution in [-0.2, 0) is 0 Å². The van der Waals surface area contributed by atoms with Crippen molar-refractivity contribution in [2.75, 3.05) is 25.7 Å². The van der Waals surface area contributed by atoms with Gasteiger partial charge in [-0.25, -0.2) is 0 Å². The van der Waals surface area contributed by atoms with E-state index in [2.05, 4.69) is 121 Å². The largest absolute Gasteiger partial charge is 0.362 e. The first-order chi connectivity index (χ1) is 16.1. The highest BCUT2D eigenvalue weighted by atomic mass is 31.2. The van der Waals surface area contributed by atoms with Crippen LogP contribution in [0.15, 0.2) is 121 Å². The minimum absolute atomic E-state index is 0.0694. The summed E-state index contributed by atoms with van der Waals surface area (Å²) in [5, 5.41) is 25.5. The summed E-state index contributed by atoms with van der Waals surface area (Å²) in [5.41, 5.74) is 5.36. The normalized spacial score (nSPS) is 11.4. The van der Waals surface area contributed by atoms with E-state index in [9.17, 15) is 0 Å². The smallest absolute Gasteiger partial charge is 0.158 e. The Balaban J connectivity index is 0.000000331. The quantitative estimate of drug-likeness (QED) is 0.295. The van der Waals surface area contributed by atoms with Crippen LogP contribution in [0.4, 0.5) is 0 Å². The van der Waals surface area contributed by atoms with Gasteiger partial charge in [-0.05, 0) is 0 Å². The molecule has 4 aromatic carbocycles. The molecule has 0 heterocycles. The molecule has 0 aliphatic heterocycles. The molecule has 0 radical (unpaired) electrons. The van der Waals surface area contributed by atoms with Crippen molar-refractivity contribution in [3.63, 3.8) is 0 Å². The molecule has 5 heteroatoms. The van der Waals surface area contributed by atoms with E-state index in [0.717, 1.165) is 0 Å². The summed E-state index contributed by atoms with van der Waals surface area (Å²) in [7, 11) is -1.75. The van der Waals surface area contributed by atoms with Gasteiger partial charge in [0.15, 0.2) is 19.0 Å². The van der Waals surface area contributed by atoms with Gasteiger partial charge >= 0.3 is 0 Å². The highest BCUT2D eigenvalue weighted by Gasteiger charge is 2.31. The Morgan fingerprint density at radius 2 is 0.667 bits per heavy atom. The van der Waals surface area contributed by atoms with Crippen molar-refractivity contribution in [3.05, 3.63) is 121 Å². The Hall–Kier alpha value is -2.75. The number of aliphatic hydroxyl groups excluding tert-OH is 3. The number of rotatable bonds is 7. The fraction of sp³-hybridized carbons (Fsp3) is 0.143. The Morgan fingerprint density at radius 1 is 0.455 bits per heavy atom.